The molecule has 0 bridgehead atoms. The predicted molar refractivity (Wildman–Crippen MR) is 113 cm³/mol. The van der Waals surface area contributed by atoms with E-state index < -0.39 is 5.97 Å². The van der Waals surface area contributed by atoms with Crippen LogP contribution in [0.3, 0.4) is 0 Å². The molecular weight excluding hydrogens is 446 g/mol. The van der Waals surface area contributed by atoms with E-state index in [9.17, 15) is 4.79 Å². The minimum absolute atomic E-state index is 0.322. The molecule has 2 aromatic carbocycles. The number of methoxy groups -OCH3 is 2. The molecular formula is C20H20BrNO5S. The van der Waals surface area contributed by atoms with Crippen LogP contribution >= 0.6 is 28.1 Å². The molecule has 28 heavy (non-hydrogen) atoms. The molecule has 1 heterocycles. The smallest absolute Gasteiger partial charge is 0.343 e. The monoisotopic (exact) mass is 465 g/mol. The van der Waals surface area contributed by atoms with Crippen molar-refractivity contribution in [2.75, 3.05) is 40.5 Å². The fourth-order valence-electron chi connectivity index (χ4n) is 2.78. The number of morpholine rings is 1. The highest BCUT2D eigenvalue weighted by molar-refractivity contribution is 9.10. The highest BCUT2D eigenvalue weighted by atomic mass is 79.9. The maximum atomic E-state index is 12.8. The number of rotatable bonds is 5. The summed E-state index contributed by atoms with van der Waals surface area (Å²) in [5.74, 6) is 0.884. The number of halogens is 1. The van der Waals surface area contributed by atoms with Gasteiger partial charge in [0.1, 0.15) is 22.2 Å². The standard InChI is InChI=1S/C20H20BrNO5S/c1-24-15-9-13(10-16(12-15)25-2)20(23)27-18-4-3-14(21)11-17(18)19(28)22-5-7-26-8-6-22/h3-4,9-12H,5-8H2,1-2H3. The molecule has 0 radical (unpaired) electrons. The van der Waals surface area contributed by atoms with Crippen molar-refractivity contribution in [3.05, 3.63) is 52.0 Å². The predicted octanol–water partition coefficient (Wildman–Crippen LogP) is 3.69. The van der Waals surface area contributed by atoms with E-state index in [1.165, 1.54) is 14.2 Å². The molecule has 1 aliphatic heterocycles. The van der Waals surface area contributed by atoms with E-state index in [2.05, 4.69) is 15.9 Å². The van der Waals surface area contributed by atoms with Crippen LogP contribution in [0.4, 0.5) is 0 Å². The van der Waals surface area contributed by atoms with Crippen LogP contribution in [-0.4, -0.2) is 56.4 Å². The Morgan fingerprint density at radius 3 is 2.32 bits per heavy atom. The SMILES string of the molecule is COc1cc(OC)cc(C(=O)Oc2ccc(Br)cc2C(=S)N2CCOCC2)c1. The van der Waals surface area contributed by atoms with Crippen molar-refractivity contribution in [2.24, 2.45) is 0 Å². The Labute approximate surface area is 177 Å². The lowest BCUT2D eigenvalue weighted by Crippen LogP contribution is -2.40. The highest BCUT2D eigenvalue weighted by Gasteiger charge is 2.21. The summed E-state index contributed by atoms with van der Waals surface area (Å²) in [5, 5.41) is 0. The summed E-state index contributed by atoms with van der Waals surface area (Å²) in [6.07, 6.45) is 0. The van der Waals surface area contributed by atoms with Gasteiger partial charge in [-0.2, -0.15) is 0 Å². The number of hydrogen-bond donors (Lipinski definition) is 0. The first-order valence-electron chi connectivity index (χ1n) is 8.63. The molecule has 1 fully saturated rings. The topological polar surface area (TPSA) is 57.2 Å². The van der Waals surface area contributed by atoms with Crippen LogP contribution < -0.4 is 14.2 Å². The molecule has 0 aliphatic carbocycles. The Bertz CT molecular complexity index is 861. The molecule has 1 aliphatic rings. The van der Waals surface area contributed by atoms with Gasteiger partial charge in [0.05, 0.1) is 38.6 Å². The summed E-state index contributed by atoms with van der Waals surface area (Å²) >= 11 is 9.12. The van der Waals surface area contributed by atoms with Gasteiger partial charge < -0.3 is 23.8 Å². The van der Waals surface area contributed by atoms with Crippen LogP contribution in [-0.2, 0) is 4.74 Å². The van der Waals surface area contributed by atoms with Crippen molar-refractivity contribution in [1.29, 1.82) is 0 Å². The molecule has 0 saturated carbocycles. The molecule has 6 nitrogen and oxygen atoms in total. The Morgan fingerprint density at radius 2 is 1.71 bits per heavy atom. The second-order valence-electron chi connectivity index (χ2n) is 6.04. The summed E-state index contributed by atoms with van der Waals surface area (Å²) in [6.45, 7) is 2.64. The first-order valence-corrected chi connectivity index (χ1v) is 9.83. The van der Waals surface area contributed by atoms with Gasteiger partial charge in [0, 0.05) is 23.6 Å². The van der Waals surface area contributed by atoms with E-state index in [0.717, 1.165) is 4.47 Å². The fourth-order valence-corrected chi connectivity index (χ4v) is 3.48. The number of hydrogen-bond acceptors (Lipinski definition) is 6. The molecule has 148 valence electrons. The normalized spacial score (nSPS) is 13.8. The maximum Gasteiger partial charge on any atom is 0.343 e. The first kappa shape index (κ1) is 20.6. The number of carbonyl (C=O) groups excluding carboxylic acids is 1. The molecule has 1 saturated heterocycles. The molecule has 0 atom stereocenters. The number of ether oxygens (including phenoxy) is 4. The molecule has 0 amide bonds. The van der Waals surface area contributed by atoms with Gasteiger partial charge in [0.2, 0.25) is 0 Å². The van der Waals surface area contributed by atoms with Crippen molar-refractivity contribution in [3.8, 4) is 17.2 Å². The molecule has 3 rings (SSSR count). The van der Waals surface area contributed by atoms with Crippen molar-refractivity contribution in [3.63, 3.8) is 0 Å². The van der Waals surface area contributed by atoms with Gasteiger partial charge in [-0.05, 0) is 30.3 Å². The summed E-state index contributed by atoms with van der Waals surface area (Å²) in [5.41, 5.74) is 0.997. The average Bonchev–Trinajstić information content (AvgIpc) is 2.74. The lowest BCUT2D eigenvalue weighted by atomic mass is 10.1. The van der Waals surface area contributed by atoms with E-state index in [0.29, 0.717) is 59.7 Å². The van der Waals surface area contributed by atoms with Gasteiger partial charge in [-0.3, -0.25) is 0 Å². The Kier molecular flexibility index (Phi) is 6.88. The van der Waals surface area contributed by atoms with E-state index in [4.69, 9.17) is 31.2 Å². The van der Waals surface area contributed by atoms with E-state index >= 15 is 0 Å². The Balaban J connectivity index is 1.88. The first-order chi connectivity index (χ1) is 13.5. The molecule has 0 aromatic heterocycles. The second kappa shape index (κ2) is 9.36. The Morgan fingerprint density at radius 1 is 1.07 bits per heavy atom. The Hall–Kier alpha value is -2.16. The zero-order valence-electron chi connectivity index (χ0n) is 15.6. The van der Waals surface area contributed by atoms with Crippen LogP contribution in [0.25, 0.3) is 0 Å². The van der Waals surface area contributed by atoms with Crippen LogP contribution in [0.15, 0.2) is 40.9 Å². The highest BCUT2D eigenvalue weighted by Crippen LogP contribution is 2.28. The number of carbonyl (C=O) groups is 1. The minimum Gasteiger partial charge on any atom is -0.497 e. The van der Waals surface area contributed by atoms with Crippen molar-refractivity contribution < 1.29 is 23.7 Å². The second-order valence-corrected chi connectivity index (χ2v) is 7.34. The third kappa shape index (κ3) is 4.81. The molecule has 0 N–H and O–H groups in total. The van der Waals surface area contributed by atoms with Gasteiger partial charge in [-0.1, -0.05) is 28.1 Å². The van der Waals surface area contributed by atoms with E-state index in [-0.39, 0.29) is 0 Å². The molecule has 0 unspecified atom stereocenters. The zero-order chi connectivity index (χ0) is 20.1. The van der Waals surface area contributed by atoms with Gasteiger partial charge in [-0.15, -0.1) is 0 Å². The van der Waals surface area contributed by atoms with Crippen molar-refractivity contribution in [2.45, 2.75) is 0 Å². The third-order valence-corrected chi connectivity index (χ3v) is 5.23. The lowest BCUT2D eigenvalue weighted by molar-refractivity contribution is 0.0687. The van der Waals surface area contributed by atoms with E-state index in [1.807, 2.05) is 11.0 Å². The number of benzene rings is 2. The van der Waals surface area contributed by atoms with Crippen molar-refractivity contribution in [1.82, 2.24) is 4.90 Å². The van der Waals surface area contributed by atoms with Crippen LogP contribution in [0.2, 0.25) is 0 Å². The third-order valence-electron chi connectivity index (χ3n) is 4.26. The van der Waals surface area contributed by atoms with Gasteiger partial charge >= 0.3 is 5.97 Å². The largest absolute Gasteiger partial charge is 0.497 e. The summed E-state index contributed by atoms with van der Waals surface area (Å²) < 4.78 is 22.4. The van der Waals surface area contributed by atoms with E-state index in [1.54, 1.807) is 30.3 Å². The number of esters is 1. The molecule has 2 aromatic rings. The maximum absolute atomic E-state index is 12.8. The summed E-state index contributed by atoms with van der Waals surface area (Å²) in [4.78, 5) is 15.4. The average molecular weight is 466 g/mol. The van der Waals surface area contributed by atoms with Crippen LogP contribution in [0, 0.1) is 0 Å². The minimum atomic E-state index is -0.523. The van der Waals surface area contributed by atoms with Gasteiger partial charge in [0.15, 0.2) is 0 Å². The number of nitrogens with zero attached hydrogens (tertiary/aromatic N) is 1. The zero-order valence-corrected chi connectivity index (χ0v) is 18.0. The summed E-state index contributed by atoms with van der Waals surface area (Å²) in [7, 11) is 3.05. The van der Waals surface area contributed by atoms with Crippen LogP contribution in [0.1, 0.15) is 15.9 Å². The van der Waals surface area contributed by atoms with Crippen LogP contribution in [0.5, 0.6) is 17.2 Å². The van der Waals surface area contributed by atoms with Gasteiger partial charge in [0.25, 0.3) is 0 Å². The van der Waals surface area contributed by atoms with Gasteiger partial charge in [-0.25, -0.2) is 4.79 Å². The fraction of sp³-hybridized carbons (Fsp3) is 0.300. The number of thiocarbonyl (C=S) groups is 1. The molecule has 8 heteroatoms. The van der Waals surface area contributed by atoms with Crippen molar-refractivity contribution >= 4 is 39.1 Å². The lowest BCUT2D eigenvalue weighted by Gasteiger charge is -2.29. The quantitative estimate of drug-likeness (QED) is 0.379. The summed E-state index contributed by atoms with van der Waals surface area (Å²) in [6, 6.07) is 10.3. The molecule has 0 spiro atoms.